The van der Waals surface area contributed by atoms with Crippen molar-refractivity contribution in [3.63, 3.8) is 0 Å². The highest BCUT2D eigenvalue weighted by Gasteiger charge is 2.32. The lowest BCUT2D eigenvalue weighted by atomic mass is 9.94. The molecule has 0 bridgehead atoms. The van der Waals surface area contributed by atoms with E-state index in [1.807, 2.05) is 4.90 Å². The summed E-state index contributed by atoms with van der Waals surface area (Å²) in [6, 6.07) is -0.272. The Kier molecular flexibility index (Phi) is 3.47. The Morgan fingerprint density at radius 1 is 1.71 bits per heavy atom. The van der Waals surface area contributed by atoms with Crippen LogP contribution >= 0.6 is 0 Å². The molecule has 0 aromatic heterocycles. The lowest BCUT2D eigenvalue weighted by molar-refractivity contribution is -0.128. The highest BCUT2D eigenvalue weighted by molar-refractivity contribution is 5.80. The van der Waals surface area contributed by atoms with Crippen molar-refractivity contribution in [3.8, 4) is 0 Å². The Balaban J connectivity index is 2.56. The van der Waals surface area contributed by atoms with Gasteiger partial charge in [0.05, 0.1) is 11.6 Å². The van der Waals surface area contributed by atoms with Crippen LogP contribution < -0.4 is 11.3 Å². The molecule has 1 aliphatic rings. The van der Waals surface area contributed by atoms with Crippen molar-refractivity contribution in [1.82, 2.24) is 10.3 Å². The molecule has 2 atom stereocenters. The van der Waals surface area contributed by atoms with Gasteiger partial charge in [-0.15, -0.1) is 0 Å². The first-order valence-electron chi connectivity index (χ1n) is 4.93. The summed E-state index contributed by atoms with van der Waals surface area (Å²) in [5.41, 5.74) is 1.45. The van der Waals surface area contributed by atoms with Crippen LogP contribution in [0.3, 0.4) is 0 Å². The Labute approximate surface area is 84.2 Å². The number of likely N-dealkylation sites (tertiary alicyclic amines) is 1. The molecule has 0 aromatic carbocycles. The van der Waals surface area contributed by atoms with E-state index in [9.17, 15) is 9.90 Å². The number of hydrogen-bond acceptors (Lipinski definition) is 4. The molecule has 1 fully saturated rings. The summed E-state index contributed by atoms with van der Waals surface area (Å²) >= 11 is 0. The minimum absolute atomic E-state index is 0.206. The molecule has 5 heteroatoms. The number of amides is 1. The molecule has 0 aromatic rings. The molecule has 5 nitrogen and oxygen atoms in total. The monoisotopic (exact) mass is 201 g/mol. The summed E-state index contributed by atoms with van der Waals surface area (Å²) in [4.78, 5) is 13.2. The highest BCUT2D eigenvalue weighted by Crippen LogP contribution is 2.21. The van der Waals surface area contributed by atoms with Gasteiger partial charge in [-0.3, -0.25) is 15.1 Å². The van der Waals surface area contributed by atoms with E-state index in [0.717, 1.165) is 19.4 Å². The molecule has 1 amide bonds. The lowest BCUT2D eigenvalue weighted by Gasteiger charge is -2.39. The predicted molar refractivity (Wildman–Crippen MR) is 53.2 cm³/mol. The van der Waals surface area contributed by atoms with Gasteiger partial charge in [0.2, 0.25) is 0 Å². The van der Waals surface area contributed by atoms with E-state index in [0.29, 0.717) is 6.54 Å². The van der Waals surface area contributed by atoms with Crippen molar-refractivity contribution in [3.05, 3.63) is 0 Å². The van der Waals surface area contributed by atoms with Gasteiger partial charge in [0, 0.05) is 6.54 Å². The van der Waals surface area contributed by atoms with Crippen molar-refractivity contribution >= 4 is 5.91 Å². The quantitative estimate of drug-likeness (QED) is 0.311. The zero-order valence-electron chi connectivity index (χ0n) is 8.79. The summed E-state index contributed by atoms with van der Waals surface area (Å²) in [6.07, 6.45) is 1.70. The normalized spacial score (nSPS) is 31.1. The Hall–Kier alpha value is -0.650. The largest absolute Gasteiger partial charge is 0.389 e. The molecule has 82 valence electrons. The van der Waals surface area contributed by atoms with Crippen LogP contribution in [0.25, 0.3) is 0 Å². The van der Waals surface area contributed by atoms with Crippen LogP contribution in [0.1, 0.15) is 26.7 Å². The second-order valence-electron chi connectivity index (χ2n) is 4.26. The van der Waals surface area contributed by atoms with Gasteiger partial charge >= 0.3 is 0 Å². The summed E-state index contributed by atoms with van der Waals surface area (Å²) < 4.78 is 0. The van der Waals surface area contributed by atoms with Gasteiger partial charge in [0.25, 0.3) is 5.91 Å². The molecule has 14 heavy (non-hydrogen) atoms. The van der Waals surface area contributed by atoms with Crippen molar-refractivity contribution in [2.75, 3.05) is 13.1 Å². The number of piperidine rings is 1. The second kappa shape index (κ2) is 4.25. The molecule has 2 unspecified atom stereocenters. The first-order chi connectivity index (χ1) is 6.46. The molecule has 1 saturated heterocycles. The maximum Gasteiger partial charge on any atom is 0.250 e. The van der Waals surface area contributed by atoms with E-state index >= 15 is 0 Å². The van der Waals surface area contributed by atoms with Crippen LogP contribution in [-0.2, 0) is 4.79 Å². The standard InChI is InChI=1S/C9H19N3O2/c1-7(8(13)11-10)12-5-3-4-9(2,14)6-12/h7,14H,3-6,10H2,1-2H3,(H,11,13). The number of nitrogens with zero attached hydrogens (tertiary/aromatic N) is 1. The smallest absolute Gasteiger partial charge is 0.250 e. The summed E-state index contributed by atoms with van der Waals surface area (Å²) in [5.74, 6) is 4.85. The number of nitrogens with two attached hydrogens (primary N) is 1. The SMILES string of the molecule is CC(C(=O)NN)N1CCCC(C)(O)C1. The summed E-state index contributed by atoms with van der Waals surface area (Å²) in [6.45, 7) is 4.96. The number of carbonyl (C=O) groups excluding carboxylic acids is 1. The zero-order valence-corrected chi connectivity index (χ0v) is 8.79. The van der Waals surface area contributed by atoms with E-state index in [4.69, 9.17) is 5.84 Å². The third-order valence-electron chi connectivity index (χ3n) is 2.77. The highest BCUT2D eigenvalue weighted by atomic mass is 16.3. The molecule has 0 saturated carbocycles. The number of carbonyl (C=O) groups is 1. The van der Waals surface area contributed by atoms with Crippen molar-refractivity contribution in [1.29, 1.82) is 0 Å². The first kappa shape index (κ1) is 11.4. The fourth-order valence-electron chi connectivity index (χ4n) is 1.88. The summed E-state index contributed by atoms with van der Waals surface area (Å²) in [5, 5.41) is 9.84. The van der Waals surface area contributed by atoms with Gasteiger partial charge < -0.3 is 5.11 Å². The molecule has 1 aliphatic heterocycles. The molecule has 1 rings (SSSR count). The average Bonchev–Trinajstić information content (AvgIpc) is 2.14. The molecule has 0 spiro atoms. The van der Waals surface area contributed by atoms with Gasteiger partial charge in [-0.25, -0.2) is 5.84 Å². The molecule has 0 aliphatic carbocycles. The fourth-order valence-corrected chi connectivity index (χ4v) is 1.88. The van der Waals surface area contributed by atoms with Crippen molar-refractivity contribution < 1.29 is 9.90 Å². The van der Waals surface area contributed by atoms with Gasteiger partial charge in [0.15, 0.2) is 0 Å². The minimum atomic E-state index is -0.679. The van der Waals surface area contributed by atoms with Crippen LogP contribution in [0.15, 0.2) is 0 Å². The fraction of sp³-hybridized carbons (Fsp3) is 0.889. The van der Waals surface area contributed by atoms with Gasteiger partial charge in [-0.2, -0.15) is 0 Å². The molecular formula is C9H19N3O2. The average molecular weight is 201 g/mol. The summed E-state index contributed by atoms with van der Waals surface area (Å²) in [7, 11) is 0. The van der Waals surface area contributed by atoms with Crippen LogP contribution in [0, 0.1) is 0 Å². The van der Waals surface area contributed by atoms with E-state index in [1.165, 1.54) is 0 Å². The Morgan fingerprint density at radius 2 is 2.36 bits per heavy atom. The molecule has 4 N–H and O–H groups in total. The van der Waals surface area contributed by atoms with E-state index in [1.54, 1.807) is 13.8 Å². The van der Waals surface area contributed by atoms with Gasteiger partial charge in [-0.1, -0.05) is 0 Å². The maximum atomic E-state index is 11.3. The topological polar surface area (TPSA) is 78.6 Å². The molecular weight excluding hydrogens is 182 g/mol. The Bertz CT molecular complexity index is 218. The van der Waals surface area contributed by atoms with Crippen molar-refractivity contribution in [2.24, 2.45) is 5.84 Å². The van der Waals surface area contributed by atoms with Gasteiger partial charge in [-0.05, 0) is 33.2 Å². The van der Waals surface area contributed by atoms with E-state index in [-0.39, 0.29) is 11.9 Å². The number of hydrogen-bond donors (Lipinski definition) is 3. The van der Waals surface area contributed by atoms with Crippen molar-refractivity contribution in [2.45, 2.75) is 38.3 Å². The number of nitrogens with one attached hydrogen (secondary N) is 1. The lowest BCUT2D eigenvalue weighted by Crippen LogP contribution is -2.54. The number of β-amino-alcohol motifs (C(OH)–C–C–N with tert-alkyl or cyclic N) is 1. The maximum absolute atomic E-state index is 11.3. The molecule has 0 radical (unpaired) electrons. The van der Waals surface area contributed by atoms with Gasteiger partial charge in [0.1, 0.15) is 0 Å². The van der Waals surface area contributed by atoms with E-state index in [2.05, 4.69) is 5.43 Å². The number of aliphatic hydroxyl groups is 1. The van der Waals surface area contributed by atoms with E-state index < -0.39 is 5.60 Å². The number of hydrazine groups is 1. The van der Waals surface area contributed by atoms with Crippen LogP contribution in [0.2, 0.25) is 0 Å². The van der Waals surface area contributed by atoms with Crippen LogP contribution in [0.5, 0.6) is 0 Å². The predicted octanol–water partition coefficient (Wildman–Crippen LogP) is -0.788. The zero-order chi connectivity index (χ0) is 10.8. The van der Waals surface area contributed by atoms with Crippen LogP contribution in [0.4, 0.5) is 0 Å². The number of rotatable bonds is 2. The Morgan fingerprint density at radius 3 is 2.86 bits per heavy atom. The minimum Gasteiger partial charge on any atom is -0.389 e. The molecule has 1 heterocycles. The third kappa shape index (κ3) is 2.67. The first-order valence-corrected chi connectivity index (χ1v) is 4.93. The second-order valence-corrected chi connectivity index (χ2v) is 4.26. The van der Waals surface area contributed by atoms with Crippen LogP contribution in [-0.4, -0.2) is 40.6 Å². The third-order valence-corrected chi connectivity index (χ3v) is 2.77.